The summed E-state index contributed by atoms with van der Waals surface area (Å²) >= 11 is 11.7. The molecule has 0 radical (unpaired) electrons. The highest BCUT2D eigenvalue weighted by Crippen LogP contribution is 2.37. The molecular weight excluding hydrogens is 317 g/mol. The summed E-state index contributed by atoms with van der Waals surface area (Å²) in [4.78, 5) is 0. The van der Waals surface area contributed by atoms with E-state index in [4.69, 9.17) is 11.6 Å². The zero-order valence-electron chi connectivity index (χ0n) is 5.62. The van der Waals surface area contributed by atoms with E-state index in [0.717, 1.165) is 0 Å². The van der Waals surface area contributed by atoms with Gasteiger partial charge < -0.3 is 0 Å². The van der Waals surface area contributed by atoms with E-state index >= 15 is 0 Å². The van der Waals surface area contributed by atoms with Gasteiger partial charge in [-0.3, -0.25) is 0 Å². The number of rotatable bonds is 1. The largest absolute Gasteiger partial charge is 0.266 e. The molecule has 0 unspecified atom stereocenters. The third-order valence-electron chi connectivity index (χ3n) is 1.30. The van der Waals surface area contributed by atoms with Gasteiger partial charge in [0.1, 0.15) is 0 Å². The maximum Gasteiger partial charge on any atom is 0.266 e. The molecule has 0 saturated heterocycles. The second-order valence-electron chi connectivity index (χ2n) is 2.06. The molecule has 66 valence electrons. The van der Waals surface area contributed by atoms with E-state index in [0.29, 0.717) is 8.95 Å². The molecule has 0 heterocycles. The second-order valence-corrected chi connectivity index (χ2v) is 4.11. The van der Waals surface area contributed by atoms with Gasteiger partial charge in [-0.05, 0) is 44.0 Å². The molecule has 0 fully saturated rings. The van der Waals surface area contributed by atoms with E-state index < -0.39 is 6.43 Å². The molecule has 0 aliphatic heterocycles. The fourth-order valence-corrected chi connectivity index (χ4v) is 1.96. The Morgan fingerprint density at radius 2 is 1.83 bits per heavy atom. The van der Waals surface area contributed by atoms with Crippen molar-refractivity contribution in [2.75, 3.05) is 0 Å². The lowest BCUT2D eigenvalue weighted by Gasteiger charge is -2.06. The van der Waals surface area contributed by atoms with E-state index in [1.54, 1.807) is 6.07 Å². The average molecular weight is 320 g/mol. The van der Waals surface area contributed by atoms with E-state index in [-0.39, 0.29) is 10.6 Å². The van der Waals surface area contributed by atoms with Gasteiger partial charge >= 0.3 is 0 Å². The van der Waals surface area contributed by atoms with Crippen LogP contribution in [0.3, 0.4) is 0 Å². The molecule has 1 aromatic rings. The topological polar surface area (TPSA) is 0 Å². The van der Waals surface area contributed by atoms with Crippen molar-refractivity contribution in [3.63, 3.8) is 0 Å². The summed E-state index contributed by atoms with van der Waals surface area (Å²) in [6, 6.07) is 3.04. The van der Waals surface area contributed by atoms with Crippen LogP contribution < -0.4 is 0 Å². The molecule has 0 saturated carbocycles. The van der Waals surface area contributed by atoms with Crippen LogP contribution in [0.25, 0.3) is 0 Å². The molecular formula is C7H3Br2ClF2. The van der Waals surface area contributed by atoms with Crippen molar-refractivity contribution in [2.45, 2.75) is 6.43 Å². The van der Waals surface area contributed by atoms with Gasteiger partial charge in [-0.2, -0.15) is 0 Å². The molecule has 0 atom stereocenters. The van der Waals surface area contributed by atoms with Crippen molar-refractivity contribution >= 4 is 43.5 Å². The highest BCUT2D eigenvalue weighted by molar-refractivity contribution is 9.13. The lowest BCUT2D eigenvalue weighted by molar-refractivity contribution is 0.150. The summed E-state index contributed by atoms with van der Waals surface area (Å²) in [6.45, 7) is 0. The minimum atomic E-state index is -2.57. The minimum Gasteiger partial charge on any atom is -0.205 e. The predicted molar refractivity (Wildman–Crippen MR) is 51.8 cm³/mol. The predicted octanol–water partition coefficient (Wildman–Crippen LogP) is 4.80. The molecule has 0 amide bonds. The number of hydrogen-bond acceptors (Lipinski definition) is 0. The summed E-state index contributed by atoms with van der Waals surface area (Å²) in [5, 5.41) is 0.0695. The quantitative estimate of drug-likeness (QED) is 0.652. The van der Waals surface area contributed by atoms with Crippen molar-refractivity contribution in [1.82, 2.24) is 0 Å². The minimum absolute atomic E-state index is 0.0695. The monoisotopic (exact) mass is 318 g/mol. The lowest BCUT2D eigenvalue weighted by Crippen LogP contribution is -1.88. The highest BCUT2D eigenvalue weighted by atomic mass is 79.9. The van der Waals surface area contributed by atoms with Crippen molar-refractivity contribution in [2.24, 2.45) is 0 Å². The van der Waals surface area contributed by atoms with Crippen LogP contribution in [-0.4, -0.2) is 0 Å². The number of halogens is 5. The molecule has 0 N–H and O–H groups in total. The summed E-state index contributed by atoms with van der Waals surface area (Å²) in [5.41, 5.74) is -0.175. The molecule has 5 heteroatoms. The Morgan fingerprint density at radius 3 is 2.25 bits per heavy atom. The summed E-state index contributed by atoms with van der Waals surface area (Å²) in [6.07, 6.45) is -2.57. The van der Waals surface area contributed by atoms with Gasteiger partial charge in [0.05, 0.1) is 10.6 Å². The Balaban J connectivity index is 3.33. The zero-order chi connectivity index (χ0) is 9.30. The molecule has 0 nitrogen and oxygen atoms in total. The fourth-order valence-electron chi connectivity index (χ4n) is 0.743. The first kappa shape index (κ1) is 10.4. The maximum absolute atomic E-state index is 12.3. The van der Waals surface area contributed by atoms with Gasteiger partial charge in [0.15, 0.2) is 0 Å². The van der Waals surface area contributed by atoms with Gasteiger partial charge in [-0.15, -0.1) is 0 Å². The number of alkyl halides is 2. The highest BCUT2D eigenvalue weighted by Gasteiger charge is 2.17. The van der Waals surface area contributed by atoms with Crippen LogP contribution in [0.1, 0.15) is 12.0 Å². The van der Waals surface area contributed by atoms with Crippen molar-refractivity contribution in [3.8, 4) is 0 Å². The van der Waals surface area contributed by atoms with Crippen molar-refractivity contribution in [1.29, 1.82) is 0 Å². The van der Waals surface area contributed by atoms with E-state index in [2.05, 4.69) is 31.9 Å². The molecule has 0 aliphatic rings. The Hall–Kier alpha value is 0.330. The Bertz CT molecular complexity index is 302. The van der Waals surface area contributed by atoms with Crippen LogP contribution in [0.15, 0.2) is 21.1 Å². The van der Waals surface area contributed by atoms with Crippen molar-refractivity contribution in [3.05, 3.63) is 31.7 Å². The third kappa shape index (κ3) is 1.98. The first-order chi connectivity index (χ1) is 5.54. The third-order valence-corrected chi connectivity index (χ3v) is 3.67. The van der Waals surface area contributed by atoms with Crippen LogP contribution >= 0.6 is 43.5 Å². The standard InChI is InChI=1S/C7H3Br2ClF2/c8-3-1-2-4(10)5(6(3)9)7(11)12/h1-2,7H. The smallest absolute Gasteiger partial charge is 0.205 e. The molecule has 1 aromatic carbocycles. The van der Waals surface area contributed by atoms with Gasteiger partial charge in [0.2, 0.25) is 0 Å². The zero-order valence-corrected chi connectivity index (χ0v) is 9.55. The Labute approximate surface area is 90.2 Å². The van der Waals surface area contributed by atoms with Crippen LogP contribution in [-0.2, 0) is 0 Å². The molecule has 1 rings (SSSR count). The first-order valence-corrected chi connectivity index (χ1v) is 4.92. The second kappa shape index (κ2) is 4.03. The Morgan fingerprint density at radius 1 is 1.25 bits per heavy atom. The lowest BCUT2D eigenvalue weighted by atomic mass is 10.2. The molecule has 0 aromatic heterocycles. The van der Waals surface area contributed by atoms with Crippen LogP contribution in [0.4, 0.5) is 8.78 Å². The first-order valence-electron chi connectivity index (χ1n) is 2.95. The van der Waals surface area contributed by atoms with E-state index in [1.807, 2.05) is 0 Å². The summed E-state index contributed by atoms with van der Waals surface area (Å²) < 4.78 is 25.5. The average Bonchev–Trinajstić information content (AvgIpc) is 1.97. The van der Waals surface area contributed by atoms with Crippen LogP contribution in [0.2, 0.25) is 5.02 Å². The van der Waals surface area contributed by atoms with Crippen LogP contribution in [0, 0.1) is 0 Å². The maximum atomic E-state index is 12.3. The van der Waals surface area contributed by atoms with Gasteiger partial charge in [0, 0.05) is 8.95 Å². The van der Waals surface area contributed by atoms with Gasteiger partial charge in [-0.25, -0.2) is 8.78 Å². The van der Waals surface area contributed by atoms with Gasteiger partial charge in [-0.1, -0.05) is 11.6 Å². The van der Waals surface area contributed by atoms with E-state index in [9.17, 15) is 8.78 Å². The SMILES string of the molecule is FC(F)c1c(Cl)ccc(Br)c1Br. The molecule has 0 aliphatic carbocycles. The molecule has 12 heavy (non-hydrogen) atoms. The van der Waals surface area contributed by atoms with Crippen molar-refractivity contribution < 1.29 is 8.78 Å². The molecule has 0 spiro atoms. The van der Waals surface area contributed by atoms with Crippen LogP contribution in [0.5, 0.6) is 0 Å². The summed E-state index contributed by atoms with van der Waals surface area (Å²) in [7, 11) is 0. The fraction of sp³-hybridized carbons (Fsp3) is 0.143. The van der Waals surface area contributed by atoms with E-state index in [1.165, 1.54) is 6.07 Å². The summed E-state index contributed by atoms with van der Waals surface area (Å²) in [5.74, 6) is 0. The Kier molecular flexibility index (Phi) is 3.49. The number of hydrogen-bond donors (Lipinski definition) is 0. The molecule has 0 bridgehead atoms. The van der Waals surface area contributed by atoms with Gasteiger partial charge in [0.25, 0.3) is 6.43 Å². The normalized spacial score (nSPS) is 10.8. The number of benzene rings is 1.